The van der Waals surface area contributed by atoms with Crippen molar-refractivity contribution in [1.82, 2.24) is 10.6 Å². The van der Waals surface area contributed by atoms with Gasteiger partial charge in [0.25, 0.3) is 11.8 Å². The van der Waals surface area contributed by atoms with E-state index in [2.05, 4.69) is 56.9 Å². The van der Waals surface area contributed by atoms with Gasteiger partial charge >= 0.3 is 51.4 Å². The number of Topliss-reactive ketones (excluding diaryl/α,β-unsaturated/α-hetero) is 2. The van der Waals surface area contributed by atoms with Crippen molar-refractivity contribution in [3.8, 4) is 6.07 Å². The number of hydrogen-bond donors (Lipinski definition) is 2. The van der Waals surface area contributed by atoms with Gasteiger partial charge < -0.3 is 22.5 Å². The van der Waals surface area contributed by atoms with Crippen LogP contribution in [0.4, 0.5) is 0 Å². The van der Waals surface area contributed by atoms with Gasteiger partial charge in [-0.25, -0.2) is 0 Å². The fourth-order valence-electron chi connectivity index (χ4n) is 4.76. The molecule has 0 bridgehead atoms. The fraction of sp³-hybridized carbons (Fsp3) is 0.750. The second kappa shape index (κ2) is 50.0. The molecule has 0 radical (unpaired) electrons. The quantitative estimate of drug-likeness (QED) is 0.0184. The van der Waals surface area contributed by atoms with E-state index >= 15 is 0 Å². The maximum atomic E-state index is 11.2. The van der Waals surface area contributed by atoms with E-state index in [4.69, 9.17) is 17.1 Å². The third kappa shape index (κ3) is 46.9. The molecule has 0 aliphatic heterocycles. The Labute approximate surface area is 357 Å². The van der Waals surface area contributed by atoms with Crippen LogP contribution in [0.25, 0.3) is 0 Å². The summed E-state index contributed by atoms with van der Waals surface area (Å²) in [7, 11) is 0. The maximum absolute atomic E-state index is 11.2. The largest absolute Gasteiger partial charge is 1.00 e. The average Bonchev–Trinajstić information content (AvgIpc) is 3.13. The minimum atomic E-state index is -0.446. The number of rotatable bonds is 32. The number of alkyl halides is 1. The molecule has 10 heteroatoms. The molecule has 280 valence electrons. The minimum absolute atomic E-state index is 0. The van der Waals surface area contributed by atoms with E-state index < -0.39 is 11.8 Å². The molecule has 0 aliphatic rings. The molecule has 0 spiro atoms. The van der Waals surface area contributed by atoms with E-state index in [1.54, 1.807) is 13.8 Å². The Hall–Kier alpha value is -1.14. The summed E-state index contributed by atoms with van der Waals surface area (Å²) in [6, 6.07) is 2.19. The van der Waals surface area contributed by atoms with E-state index in [9.17, 15) is 19.2 Å². The van der Waals surface area contributed by atoms with Crippen LogP contribution in [0, 0.1) is 23.2 Å². The van der Waals surface area contributed by atoms with Crippen molar-refractivity contribution in [2.45, 2.75) is 174 Å². The van der Waals surface area contributed by atoms with Crippen molar-refractivity contribution in [2.75, 3.05) is 18.4 Å². The van der Waals surface area contributed by atoms with Crippen LogP contribution in [0.3, 0.4) is 0 Å². The standard InChI is InChI=1S/C20H34N2O2.C19H34BrNO2.CN.K/c1-2-19(23)20(24)22-18-16-14-12-10-8-6-4-3-5-7-9-11-13-15-17-21;1-2-18(22)19(23)21-17-15-13-11-9-7-5-3-4-6-8-10-12-14-16-20;1-2;/h8,10H,2-7,9,11-16,18H2,1H3,(H,22,24);7,9H,2-6,8,10-17H2,1H3,(H,21,23);;/q;;-1;+1/b10-8-;9-7-;;. The van der Waals surface area contributed by atoms with Crippen molar-refractivity contribution in [3.05, 3.63) is 30.9 Å². The Morgan fingerprint density at radius 2 is 0.840 bits per heavy atom. The first-order chi connectivity index (χ1) is 23.9. The second-order valence-corrected chi connectivity index (χ2v) is 12.9. The van der Waals surface area contributed by atoms with Gasteiger partial charge in [0.05, 0.1) is 6.07 Å². The molecule has 2 amide bonds. The van der Waals surface area contributed by atoms with Gasteiger partial charge in [-0.3, -0.25) is 19.2 Å². The van der Waals surface area contributed by atoms with Crippen molar-refractivity contribution in [3.63, 3.8) is 0 Å². The van der Waals surface area contributed by atoms with Gasteiger partial charge in [-0.1, -0.05) is 118 Å². The Bertz CT molecular complexity index is 919. The van der Waals surface area contributed by atoms with Crippen molar-refractivity contribution < 1.29 is 70.6 Å². The fourth-order valence-corrected chi connectivity index (χ4v) is 5.16. The predicted octanol–water partition coefficient (Wildman–Crippen LogP) is 7.27. The van der Waals surface area contributed by atoms with Gasteiger partial charge in [0, 0.05) is 37.7 Å². The molecular formula is C40H68BrKN4O4. The monoisotopic (exact) mass is 786 g/mol. The number of allylic oxidation sites excluding steroid dienone is 4. The van der Waals surface area contributed by atoms with Crippen molar-refractivity contribution >= 4 is 39.3 Å². The average molecular weight is 788 g/mol. The Kier molecular flexibility index (Phi) is 55.6. The van der Waals surface area contributed by atoms with E-state index in [0.29, 0.717) is 19.5 Å². The van der Waals surface area contributed by atoms with Crippen LogP contribution < -0.4 is 62.0 Å². The van der Waals surface area contributed by atoms with Crippen molar-refractivity contribution in [2.24, 2.45) is 0 Å². The molecule has 0 rings (SSSR count). The molecule has 0 aromatic carbocycles. The van der Waals surface area contributed by atoms with Crippen molar-refractivity contribution in [1.29, 1.82) is 10.5 Å². The number of amides is 2. The van der Waals surface area contributed by atoms with Crippen LogP contribution in [-0.4, -0.2) is 41.8 Å². The zero-order chi connectivity index (χ0) is 37.1. The Morgan fingerprint density at radius 3 is 1.16 bits per heavy atom. The number of nitriles is 1. The first-order valence-electron chi connectivity index (χ1n) is 19.0. The van der Waals surface area contributed by atoms with Gasteiger partial charge in [-0.15, -0.1) is 0 Å². The summed E-state index contributed by atoms with van der Waals surface area (Å²) in [4.78, 5) is 44.6. The SMILES string of the molecule is CCC(=O)C(=O)NCCCC/C=C\CCCCCCCCCBr.CCC(=O)C(=O)NCCCC/C=C\CCCCCCCCCC#N.[C-]#N.[K+]. The summed E-state index contributed by atoms with van der Waals surface area (Å²) in [6.07, 6.45) is 36.7. The number of unbranched alkanes of at least 4 members (excludes halogenated alkanes) is 19. The van der Waals surface area contributed by atoms with E-state index in [1.807, 2.05) is 0 Å². The number of ketones is 2. The zero-order valence-corrected chi connectivity index (χ0v) is 36.7. The normalized spacial score (nSPS) is 10.2. The maximum Gasteiger partial charge on any atom is 1.00 e. The van der Waals surface area contributed by atoms with Crippen LogP contribution in [0.5, 0.6) is 0 Å². The molecular weight excluding hydrogens is 719 g/mol. The van der Waals surface area contributed by atoms with E-state index in [-0.39, 0.29) is 75.8 Å². The summed E-state index contributed by atoms with van der Waals surface area (Å²) in [6.45, 7) is 9.35. The first kappa shape index (κ1) is 55.6. The molecule has 0 heterocycles. The van der Waals surface area contributed by atoms with Gasteiger partial charge in [-0.05, 0) is 77.0 Å². The molecule has 0 fully saturated rings. The third-order valence-electron chi connectivity index (χ3n) is 7.81. The Morgan fingerprint density at radius 1 is 0.540 bits per heavy atom. The molecule has 0 aromatic heterocycles. The number of halogens is 1. The molecule has 8 nitrogen and oxygen atoms in total. The van der Waals surface area contributed by atoms with Crippen LogP contribution in [0.1, 0.15) is 174 Å². The molecule has 0 unspecified atom stereocenters. The number of hydrogen-bond acceptors (Lipinski definition) is 6. The summed E-state index contributed by atoms with van der Waals surface area (Å²) >= 11 is 3.46. The number of carbonyl (C=O) groups is 4. The number of nitrogens with one attached hydrogen (secondary N) is 2. The zero-order valence-electron chi connectivity index (χ0n) is 32.0. The van der Waals surface area contributed by atoms with Gasteiger partial charge in [-0.2, -0.15) is 5.26 Å². The first-order valence-corrected chi connectivity index (χ1v) is 20.1. The van der Waals surface area contributed by atoms with E-state index in [1.165, 1.54) is 89.9 Å². The minimum Gasteiger partial charge on any atom is -0.512 e. The summed E-state index contributed by atoms with van der Waals surface area (Å²) in [5, 5.41) is 21.1. The van der Waals surface area contributed by atoms with Gasteiger partial charge in [0.2, 0.25) is 11.6 Å². The number of nitrogens with zero attached hydrogens (tertiary/aromatic N) is 2. The molecule has 50 heavy (non-hydrogen) atoms. The predicted molar refractivity (Wildman–Crippen MR) is 205 cm³/mol. The molecule has 0 aromatic rings. The smallest absolute Gasteiger partial charge is 0.512 e. The summed E-state index contributed by atoms with van der Waals surface area (Å²) in [5.41, 5.74) is 0. The van der Waals surface area contributed by atoms with E-state index in [0.717, 1.165) is 56.7 Å². The summed E-state index contributed by atoms with van der Waals surface area (Å²) in [5.74, 6) is -1.54. The second-order valence-electron chi connectivity index (χ2n) is 12.1. The van der Waals surface area contributed by atoms with Crippen LogP contribution >= 0.6 is 15.9 Å². The van der Waals surface area contributed by atoms with Crippen LogP contribution in [-0.2, 0) is 19.2 Å². The molecule has 0 saturated carbocycles. The summed E-state index contributed by atoms with van der Waals surface area (Å²) < 4.78 is 0. The molecule has 2 N–H and O–H groups in total. The third-order valence-corrected chi connectivity index (χ3v) is 8.37. The Balaban J connectivity index is -0.000000396. The molecule has 0 atom stereocenters. The van der Waals surface area contributed by atoms with Gasteiger partial charge in [0.1, 0.15) is 0 Å². The van der Waals surface area contributed by atoms with Gasteiger partial charge in [0.15, 0.2) is 0 Å². The molecule has 0 saturated heterocycles. The molecule has 0 aliphatic carbocycles. The van der Waals surface area contributed by atoms with Crippen LogP contribution in [0.2, 0.25) is 0 Å². The topological polar surface area (TPSA) is 140 Å². The number of carbonyl (C=O) groups excluding carboxylic acids is 4. The van der Waals surface area contributed by atoms with Crippen LogP contribution in [0.15, 0.2) is 24.3 Å².